The number of amides is 1. The molecule has 0 saturated carbocycles. The summed E-state index contributed by atoms with van der Waals surface area (Å²) in [5, 5.41) is 11.2. The number of ether oxygens (including phenoxy) is 1. The molecule has 33 heavy (non-hydrogen) atoms. The van der Waals surface area contributed by atoms with E-state index < -0.39 is 0 Å². The van der Waals surface area contributed by atoms with Gasteiger partial charge in [-0.25, -0.2) is 5.43 Å². The number of nitrogens with one attached hydrogen (secondary N) is 4. The van der Waals surface area contributed by atoms with Crippen LogP contribution in [0.15, 0.2) is 30.5 Å². The molecule has 0 radical (unpaired) electrons. The first-order valence-corrected chi connectivity index (χ1v) is 11.9. The van der Waals surface area contributed by atoms with Gasteiger partial charge < -0.3 is 20.3 Å². The molecule has 5 unspecified atom stereocenters. The van der Waals surface area contributed by atoms with E-state index in [1.54, 1.807) is 7.11 Å². The van der Waals surface area contributed by atoms with Gasteiger partial charge in [-0.2, -0.15) is 5.10 Å². The molecule has 0 aliphatic carbocycles. The second-order valence-electron chi connectivity index (χ2n) is 9.51. The molecular weight excluding hydrogens is 418 g/mol. The molecule has 1 aromatic heterocycles. The molecule has 3 saturated heterocycles. The van der Waals surface area contributed by atoms with Gasteiger partial charge >= 0.3 is 0 Å². The predicted octanol–water partition coefficient (Wildman–Crippen LogP) is 1.23. The van der Waals surface area contributed by atoms with Gasteiger partial charge in [0, 0.05) is 74.3 Å². The third-order valence-corrected chi connectivity index (χ3v) is 7.60. The van der Waals surface area contributed by atoms with E-state index in [0.29, 0.717) is 11.5 Å². The van der Waals surface area contributed by atoms with Gasteiger partial charge in [-0.15, -0.1) is 0 Å². The van der Waals surface area contributed by atoms with E-state index in [0.717, 1.165) is 44.6 Å². The summed E-state index contributed by atoms with van der Waals surface area (Å²) in [6.45, 7) is 4.87. The minimum absolute atomic E-state index is 0.0532. The first-order valence-electron chi connectivity index (χ1n) is 11.9. The Hall–Kier alpha value is -2.46. The van der Waals surface area contributed by atoms with Gasteiger partial charge in [0.15, 0.2) is 0 Å². The van der Waals surface area contributed by atoms with E-state index in [2.05, 4.69) is 38.4 Å². The van der Waals surface area contributed by atoms with E-state index >= 15 is 0 Å². The Bertz CT molecular complexity index is 976. The van der Waals surface area contributed by atoms with Crippen LogP contribution in [0, 0.1) is 12.8 Å². The molecule has 178 valence electrons. The number of fused-ring (bicyclic) bond motifs is 1. The van der Waals surface area contributed by atoms with E-state index in [-0.39, 0.29) is 30.3 Å². The molecular formula is C24H35N7O2. The molecule has 3 aliphatic rings. The summed E-state index contributed by atoms with van der Waals surface area (Å²) in [5.41, 5.74) is 10.9. The van der Waals surface area contributed by atoms with Crippen molar-refractivity contribution in [1.82, 2.24) is 31.3 Å². The number of carbonyl (C=O) groups is 1. The van der Waals surface area contributed by atoms with Crippen LogP contribution in [-0.4, -0.2) is 60.7 Å². The molecule has 4 heterocycles. The minimum Gasteiger partial charge on any atom is -0.380 e. The van der Waals surface area contributed by atoms with Crippen LogP contribution in [0.4, 0.5) is 5.69 Å². The second kappa shape index (κ2) is 9.42. The van der Waals surface area contributed by atoms with Crippen LogP contribution >= 0.6 is 0 Å². The average molecular weight is 454 g/mol. The molecule has 0 spiro atoms. The highest BCUT2D eigenvalue weighted by Crippen LogP contribution is 2.32. The van der Waals surface area contributed by atoms with Crippen molar-refractivity contribution < 1.29 is 9.53 Å². The molecule has 5 rings (SSSR count). The van der Waals surface area contributed by atoms with E-state index in [9.17, 15) is 4.79 Å². The summed E-state index contributed by atoms with van der Waals surface area (Å²) in [6.07, 6.45) is 5.27. The number of benzene rings is 1. The van der Waals surface area contributed by atoms with Crippen molar-refractivity contribution in [1.29, 1.82) is 0 Å². The quantitative estimate of drug-likeness (QED) is 0.541. The van der Waals surface area contributed by atoms with Crippen LogP contribution < -0.4 is 26.4 Å². The molecule has 9 nitrogen and oxygen atoms in total. The second-order valence-corrected chi connectivity index (χ2v) is 9.51. The Balaban J connectivity index is 1.22. The minimum atomic E-state index is -0.117. The van der Waals surface area contributed by atoms with Crippen molar-refractivity contribution in [3.05, 3.63) is 47.3 Å². The Kier molecular flexibility index (Phi) is 6.38. The number of aromatic nitrogens is 2. The Morgan fingerprint density at radius 3 is 2.79 bits per heavy atom. The van der Waals surface area contributed by atoms with Crippen LogP contribution in [0.25, 0.3) is 0 Å². The fourth-order valence-corrected chi connectivity index (χ4v) is 5.42. The van der Waals surface area contributed by atoms with Crippen molar-refractivity contribution in [2.24, 2.45) is 13.0 Å². The SMILES string of the molecule is COC1CCCN(c2ccc(C(=O)NC3NNC4CNC(c5cnn(C)c5C)CC43)cc2)C1. The standard InChI is InChI=1S/C24H35N7O2/c1-15-20(12-26-30(15)2)21-11-19-22(13-25-21)28-29-23(19)27-24(32)16-6-8-17(9-7-16)31-10-4-5-18(14-31)33-3/h6-9,12,18-19,21-23,25,28-29H,4-5,10-11,13-14H2,1-3H3,(H,27,32). The summed E-state index contributed by atoms with van der Waals surface area (Å²) in [7, 11) is 3.75. The number of carbonyl (C=O) groups excluding carboxylic acids is 1. The van der Waals surface area contributed by atoms with Gasteiger partial charge in [0.05, 0.1) is 18.5 Å². The third-order valence-electron chi connectivity index (χ3n) is 7.60. The number of aryl methyl sites for hydroxylation is 1. The largest absolute Gasteiger partial charge is 0.380 e. The number of hydrogen-bond donors (Lipinski definition) is 4. The molecule has 2 aromatic rings. The fourth-order valence-electron chi connectivity index (χ4n) is 5.42. The van der Waals surface area contributed by atoms with Gasteiger partial charge in [-0.05, 0) is 50.5 Å². The van der Waals surface area contributed by atoms with E-state index in [1.807, 2.05) is 42.2 Å². The van der Waals surface area contributed by atoms with Crippen molar-refractivity contribution >= 4 is 11.6 Å². The third kappa shape index (κ3) is 4.50. The van der Waals surface area contributed by atoms with E-state index in [4.69, 9.17) is 4.74 Å². The highest BCUT2D eigenvalue weighted by Gasteiger charge is 2.42. The van der Waals surface area contributed by atoms with Crippen molar-refractivity contribution in [2.45, 2.75) is 50.5 Å². The summed E-state index contributed by atoms with van der Waals surface area (Å²) in [6, 6.07) is 8.44. The lowest BCUT2D eigenvalue weighted by molar-refractivity contribution is 0.0892. The van der Waals surface area contributed by atoms with Crippen LogP contribution in [0.1, 0.15) is 46.9 Å². The molecule has 9 heteroatoms. The van der Waals surface area contributed by atoms with Crippen molar-refractivity contribution in [2.75, 3.05) is 31.6 Å². The van der Waals surface area contributed by atoms with Crippen molar-refractivity contribution in [3.8, 4) is 0 Å². The van der Waals surface area contributed by atoms with E-state index in [1.165, 1.54) is 11.3 Å². The van der Waals surface area contributed by atoms with Crippen molar-refractivity contribution in [3.63, 3.8) is 0 Å². The van der Waals surface area contributed by atoms with Gasteiger partial charge in [0.2, 0.25) is 0 Å². The molecule has 1 aromatic carbocycles. The molecule has 5 atom stereocenters. The Labute approximate surface area is 195 Å². The summed E-state index contributed by atoms with van der Waals surface area (Å²) < 4.78 is 7.45. The first-order chi connectivity index (χ1) is 16.0. The number of anilines is 1. The number of nitrogens with zero attached hydrogens (tertiary/aromatic N) is 3. The van der Waals surface area contributed by atoms with Gasteiger partial charge in [-0.3, -0.25) is 14.9 Å². The van der Waals surface area contributed by atoms with Gasteiger partial charge in [-0.1, -0.05) is 0 Å². The average Bonchev–Trinajstić information content (AvgIpc) is 3.41. The highest BCUT2D eigenvalue weighted by molar-refractivity contribution is 5.94. The zero-order valence-corrected chi connectivity index (χ0v) is 19.7. The lowest BCUT2D eigenvalue weighted by atomic mass is 9.85. The molecule has 4 N–H and O–H groups in total. The number of methoxy groups -OCH3 is 1. The predicted molar refractivity (Wildman–Crippen MR) is 127 cm³/mol. The number of rotatable bonds is 5. The lowest BCUT2D eigenvalue weighted by Crippen LogP contribution is -2.49. The molecule has 3 fully saturated rings. The normalized spacial score (nSPS) is 29.7. The maximum absolute atomic E-state index is 13.0. The monoisotopic (exact) mass is 453 g/mol. The van der Waals surface area contributed by atoms with Crippen LogP contribution in [0.5, 0.6) is 0 Å². The topological polar surface area (TPSA) is 95.5 Å². The number of hydrazine groups is 1. The lowest BCUT2D eigenvalue weighted by Gasteiger charge is -2.34. The number of piperidine rings is 2. The Morgan fingerprint density at radius 1 is 1.24 bits per heavy atom. The van der Waals surface area contributed by atoms with Gasteiger partial charge in [0.1, 0.15) is 0 Å². The summed E-state index contributed by atoms with van der Waals surface area (Å²) >= 11 is 0. The molecule has 1 amide bonds. The summed E-state index contributed by atoms with van der Waals surface area (Å²) in [4.78, 5) is 15.4. The highest BCUT2D eigenvalue weighted by atomic mass is 16.5. The van der Waals surface area contributed by atoms with Gasteiger partial charge in [0.25, 0.3) is 5.91 Å². The molecule has 3 aliphatic heterocycles. The zero-order chi connectivity index (χ0) is 22.9. The smallest absolute Gasteiger partial charge is 0.252 e. The summed E-state index contributed by atoms with van der Waals surface area (Å²) in [5.74, 6) is 0.237. The first kappa shape index (κ1) is 22.3. The van der Waals surface area contributed by atoms with Crippen LogP contribution in [0.3, 0.4) is 0 Å². The maximum atomic E-state index is 13.0. The maximum Gasteiger partial charge on any atom is 0.252 e. The van der Waals surface area contributed by atoms with Crippen LogP contribution in [-0.2, 0) is 11.8 Å². The fraction of sp³-hybridized carbons (Fsp3) is 0.583. The zero-order valence-electron chi connectivity index (χ0n) is 19.7. The molecule has 0 bridgehead atoms. The number of hydrogen-bond acceptors (Lipinski definition) is 7. The van der Waals surface area contributed by atoms with Crippen LogP contribution in [0.2, 0.25) is 0 Å². The Morgan fingerprint density at radius 2 is 2.06 bits per heavy atom.